The van der Waals surface area contributed by atoms with Gasteiger partial charge in [0.05, 0.1) is 11.7 Å². The molecular weight excluding hydrogens is 973 g/mol. The van der Waals surface area contributed by atoms with Gasteiger partial charge in [0.1, 0.15) is 27.2 Å². The van der Waals surface area contributed by atoms with Gasteiger partial charge in [0.25, 0.3) is 0 Å². The van der Waals surface area contributed by atoms with Crippen molar-refractivity contribution >= 4 is 116 Å². The number of rotatable bonds is 28. The zero-order chi connectivity index (χ0) is 47.3. The third-order valence-electron chi connectivity index (χ3n) is 15.9. The number of aromatic nitrogens is 2. The number of aryl methyl sites for hydroxylation is 3. The Balaban J connectivity index is 1.10. The summed E-state index contributed by atoms with van der Waals surface area (Å²) < 4.78 is 10.4. The smallest absolute Gasteiger partial charge is 0.122 e. The number of benzene rings is 1. The molecule has 9 rings (SSSR count). The highest BCUT2D eigenvalue weighted by Crippen LogP contribution is 2.51. The number of thiophene rings is 5. The number of hydrogen-bond acceptors (Lipinski definition) is 8. The Hall–Kier alpha value is -2.03. The largest absolute Gasteiger partial charge is 0.172 e. The average Bonchev–Trinajstić information content (AvgIpc) is 4.22. The van der Waals surface area contributed by atoms with Crippen molar-refractivity contribution in [2.75, 3.05) is 0 Å². The minimum atomic E-state index is -2.02. The van der Waals surface area contributed by atoms with E-state index in [1.807, 2.05) is 0 Å². The van der Waals surface area contributed by atoms with Crippen molar-refractivity contribution in [3.05, 3.63) is 57.8 Å². The van der Waals surface area contributed by atoms with Gasteiger partial charge in [0.2, 0.25) is 0 Å². The molecule has 0 unspecified atom stereocenters. The third-order valence-corrected chi connectivity index (χ3v) is 33.8. The van der Waals surface area contributed by atoms with Gasteiger partial charge in [-0.05, 0) is 108 Å². The summed E-state index contributed by atoms with van der Waals surface area (Å²) in [4.78, 5) is 15.3. The molecule has 2 aliphatic rings. The van der Waals surface area contributed by atoms with E-state index in [1.165, 1.54) is 211 Å². The fraction of sp³-hybridized carbons (Fsp3) is 0.552. The van der Waals surface area contributed by atoms with E-state index in [9.17, 15) is 0 Å². The lowest BCUT2D eigenvalue weighted by Crippen LogP contribution is -2.54. The van der Waals surface area contributed by atoms with Crippen LogP contribution in [0.2, 0.25) is 24.2 Å². The monoisotopic (exact) mass is 1050 g/mol. The minimum Gasteiger partial charge on any atom is -0.172 e. The molecule has 2 nitrogen and oxygen atoms in total. The van der Waals surface area contributed by atoms with E-state index in [0.717, 1.165) is 11.0 Å². The average molecular weight is 1050 g/mol. The van der Waals surface area contributed by atoms with Gasteiger partial charge in [0.15, 0.2) is 0 Å². The van der Waals surface area contributed by atoms with Crippen LogP contribution in [0.5, 0.6) is 0 Å². The van der Waals surface area contributed by atoms with Crippen LogP contribution in [0.1, 0.15) is 178 Å². The molecule has 0 spiro atoms. The number of hydrogen-bond donors (Lipinski definition) is 0. The van der Waals surface area contributed by atoms with Gasteiger partial charge in [-0.25, -0.2) is 0 Å². The molecule has 2 aliphatic heterocycles. The summed E-state index contributed by atoms with van der Waals surface area (Å²) in [6.45, 7) is 16.5. The van der Waals surface area contributed by atoms with E-state index in [4.69, 9.17) is 8.75 Å². The van der Waals surface area contributed by atoms with Crippen LogP contribution in [0, 0.1) is 13.8 Å². The molecule has 364 valence electrons. The summed E-state index contributed by atoms with van der Waals surface area (Å²) in [7, 11) is -3.91. The van der Waals surface area contributed by atoms with Gasteiger partial charge < -0.3 is 0 Å². The summed E-state index contributed by atoms with van der Waals surface area (Å²) >= 11 is 11.8. The second-order valence-electron chi connectivity index (χ2n) is 20.7. The van der Waals surface area contributed by atoms with E-state index in [2.05, 4.69) is 148 Å². The number of fused-ring (bicyclic) bond motifs is 7. The maximum absolute atomic E-state index is 5.19. The topological polar surface area (TPSA) is 25.8 Å². The molecular formula is C58H78N2S6Si2. The maximum Gasteiger partial charge on any atom is 0.122 e. The predicted molar refractivity (Wildman–Crippen MR) is 317 cm³/mol. The molecule has 0 radical (unpaired) electrons. The maximum atomic E-state index is 5.19. The van der Waals surface area contributed by atoms with Crippen molar-refractivity contribution < 1.29 is 0 Å². The molecule has 0 aliphatic carbocycles. The molecule has 10 heteroatoms. The summed E-state index contributed by atoms with van der Waals surface area (Å²) in [6, 6.07) is 23.9. The molecule has 0 bridgehead atoms. The van der Waals surface area contributed by atoms with Gasteiger partial charge in [-0.3, -0.25) is 0 Å². The first kappa shape index (κ1) is 50.9. The third kappa shape index (κ3) is 10.0. The van der Waals surface area contributed by atoms with Crippen LogP contribution in [0.25, 0.3) is 61.2 Å². The van der Waals surface area contributed by atoms with Crippen LogP contribution in [0.4, 0.5) is 0 Å². The zero-order valence-corrected chi connectivity index (χ0v) is 49.5. The fourth-order valence-electron chi connectivity index (χ4n) is 12.1. The van der Waals surface area contributed by atoms with Gasteiger partial charge in [-0.1, -0.05) is 169 Å². The lowest BCUT2D eigenvalue weighted by molar-refractivity contribution is 0.666. The van der Waals surface area contributed by atoms with E-state index < -0.39 is 16.1 Å². The number of unbranched alkanes of at least 4 members (excludes halogenated alkanes) is 15. The summed E-state index contributed by atoms with van der Waals surface area (Å²) in [5, 5.41) is 7.09. The number of nitrogens with zero attached hydrogens (tertiary/aromatic N) is 2. The van der Waals surface area contributed by atoms with Crippen LogP contribution < -0.4 is 20.7 Å². The van der Waals surface area contributed by atoms with Crippen molar-refractivity contribution in [2.45, 2.75) is 207 Å². The summed E-state index contributed by atoms with van der Waals surface area (Å²) in [5.41, 5.74) is 6.41. The van der Waals surface area contributed by atoms with Crippen molar-refractivity contribution in [2.24, 2.45) is 0 Å². The Morgan fingerprint density at radius 1 is 0.397 bits per heavy atom. The van der Waals surface area contributed by atoms with E-state index in [-0.39, 0.29) is 0 Å². The SMILES string of the molecule is CCCCCCc1cc(-c2cc3c(s2)-c2sc(-c4ccc(-c5cc6c(s5)-c5sc(C)cc5[Si]6(CCCCCC)CCCCCC)c5nsnc45)cc2[Si]3(CCCCCC)CCCCCC)sc1C. The standard InChI is InChI=1S/C58H78N2S6Si2/c1-8-13-18-23-28-42-36-47(62-41(42)7)48-39-52-58(65-48)57-51(68(52,33-26-21-16-11-4)34-27-22-17-12-5)38-46(64-57)44-30-29-43(53-54(44)60-66-59-53)45-37-50-56(63-45)55-49(35-40(6)61-55)67(50,31-24-19-14-9-2)32-25-20-15-10-3/h29-30,35-39H,8-28,31-34H2,1-7H3. The van der Waals surface area contributed by atoms with Crippen molar-refractivity contribution in [3.63, 3.8) is 0 Å². The zero-order valence-electron chi connectivity index (χ0n) is 42.6. The molecule has 0 amide bonds. The normalized spacial score (nSPS) is 14.3. The first-order chi connectivity index (χ1) is 33.3. The first-order valence-corrected chi connectivity index (χ1v) is 36.8. The minimum absolute atomic E-state index is 1.11. The Morgan fingerprint density at radius 3 is 1.24 bits per heavy atom. The molecule has 0 N–H and O–H groups in total. The summed E-state index contributed by atoms with van der Waals surface area (Å²) in [5.74, 6) is 0. The van der Waals surface area contributed by atoms with Gasteiger partial charge in [-0.15, -0.1) is 56.7 Å². The predicted octanol–water partition coefficient (Wildman–Crippen LogP) is 19.1. The molecule has 0 fully saturated rings. The van der Waals surface area contributed by atoms with E-state index >= 15 is 0 Å². The fourth-order valence-corrected chi connectivity index (χ4v) is 32.7. The van der Waals surface area contributed by atoms with Crippen LogP contribution in [0.3, 0.4) is 0 Å². The Bertz CT molecular complexity index is 2730. The first-order valence-electron chi connectivity index (χ1n) is 27.2. The van der Waals surface area contributed by atoms with Crippen LogP contribution in [0.15, 0.2) is 42.5 Å². The lowest BCUT2D eigenvalue weighted by Gasteiger charge is -2.29. The second-order valence-corrected chi connectivity index (χ2v) is 35.4. The molecule has 0 saturated heterocycles. The molecule has 6 aromatic heterocycles. The Morgan fingerprint density at radius 2 is 0.779 bits per heavy atom. The van der Waals surface area contributed by atoms with Crippen LogP contribution in [-0.2, 0) is 6.42 Å². The van der Waals surface area contributed by atoms with Gasteiger partial charge in [-0.2, -0.15) is 8.75 Å². The highest BCUT2D eigenvalue weighted by Gasteiger charge is 2.49. The molecule has 0 atom stereocenters. The van der Waals surface area contributed by atoms with Crippen molar-refractivity contribution in [1.29, 1.82) is 0 Å². The van der Waals surface area contributed by atoms with Crippen molar-refractivity contribution in [1.82, 2.24) is 8.75 Å². The van der Waals surface area contributed by atoms with Crippen molar-refractivity contribution in [3.8, 4) is 50.1 Å². The van der Waals surface area contributed by atoms with Crippen LogP contribution >= 0.6 is 68.4 Å². The van der Waals surface area contributed by atoms with Gasteiger partial charge in [0, 0.05) is 59.9 Å². The molecule has 0 saturated carbocycles. The molecule has 68 heavy (non-hydrogen) atoms. The van der Waals surface area contributed by atoms with E-state index in [1.54, 1.807) is 45.8 Å². The molecule has 7 aromatic rings. The quantitative estimate of drug-likeness (QED) is 0.0361. The Labute approximate surface area is 436 Å². The lowest BCUT2D eigenvalue weighted by atomic mass is 10.1. The van der Waals surface area contributed by atoms with E-state index in [0.29, 0.717) is 0 Å². The second kappa shape index (κ2) is 23.2. The molecule has 8 heterocycles. The van der Waals surface area contributed by atoms with Gasteiger partial charge >= 0.3 is 0 Å². The Kier molecular flexibility index (Phi) is 17.4. The summed E-state index contributed by atoms with van der Waals surface area (Å²) in [6.07, 6.45) is 28.1. The highest BCUT2D eigenvalue weighted by atomic mass is 32.1. The highest BCUT2D eigenvalue weighted by molar-refractivity contribution is 7.33. The molecule has 1 aromatic carbocycles. The van der Waals surface area contributed by atoms with Crippen LogP contribution in [-0.4, -0.2) is 24.9 Å².